The fourth-order valence-electron chi connectivity index (χ4n) is 10.6. The fraction of sp³-hybridized carbons (Fsp3) is 0.438. The van der Waals surface area contributed by atoms with Crippen LogP contribution in [0.25, 0.3) is 0 Å². The van der Waals surface area contributed by atoms with E-state index in [1.54, 1.807) is 77.3 Å². The largest absolute Gasteiger partial charge is 0.379 e. The normalized spacial score (nSPS) is 18.0. The first-order valence-electron chi connectivity index (χ1n) is 30.0. The molecule has 12 heterocycles. The van der Waals surface area contributed by atoms with Gasteiger partial charge in [-0.15, -0.1) is 0 Å². The summed E-state index contributed by atoms with van der Waals surface area (Å²) < 4.78 is 51.8. The van der Waals surface area contributed by atoms with Gasteiger partial charge in [0.1, 0.15) is 45.7 Å². The maximum Gasteiger partial charge on any atom is 0.225 e. The Morgan fingerprint density at radius 1 is 0.261 bits per heavy atom. The summed E-state index contributed by atoms with van der Waals surface area (Å²) in [5, 5.41) is 42.7. The quantitative estimate of drug-likeness (QED) is 0.0833. The van der Waals surface area contributed by atoms with Gasteiger partial charge >= 0.3 is 0 Å². The minimum absolute atomic E-state index is 0.364. The van der Waals surface area contributed by atoms with Crippen LogP contribution in [0.4, 0.5) is 41.4 Å². The van der Waals surface area contributed by atoms with E-state index < -0.39 is 45.7 Å². The van der Waals surface area contributed by atoms with Crippen LogP contribution in [0.15, 0.2) is 123 Å². The topological polar surface area (TPSA) is 249 Å². The summed E-state index contributed by atoms with van der Waals surface area (Å²) in [5.74, 6) is 1.01. The first-order chi connectivity index (χ1) is 42.3. The molecular weight excluding hydrogens is 1130 g/mol. The number of rotatable bonds is 12. The van der Waals surface area contributed by atoms with E-state index in [9.17, 15) is 38.0 Å². The van der Waals surface area contributed by atoms with Gasteiger partial charge in [0.2, 0.25) is 23.8 Å². The van der Waals surface area contributed by atoms with Crippen molar-refractivity contribution in [2.75, 3.05) is 72.0 Å². The Balaban J connectivity index is 0.000000140. The molecule has 0 radical (unpaired) electrons. The molecular formula is C64H76F4N16O4. The molecule has 4 fully saturated rings. The fourth-order valence-corrected chi connectivity index (χ4v) is 10.6. The molecule has 4 aliphatic heterocycles. The molecule has 0 saturated carbocycles. The zero-order chi connectivity index (χ0) is 62.3. The van der Waals surface area contributed by atoms with Gasteiger partial charge in [-0.2, -0.15) is 0 Å². The second-order valence-electron chi connectivity index (χ2n) is 23.0. The van der Waals surface area contributed by atoms with Gasteiger partial charge in [-0.1, -0.05) is 0 Å². The SMILES string of the molecule is CC(O)(c1cnc(N2CCCCC2)nc1)c1ccc(F)cn1.CC(O)(c1cnc(N2CCCCC2)nc1)c1ccc(F)cn1.C[C@@](O)(c1cnc(N2CCCCC2)nc1)c1ccc(F)cn1.C[C@](O)(c1cnc(N2CCCCC2)nc1)c1ccc(F)cn1. The van der Waals surface area contributed by atoms with E-state index in [1.807, 2.05) is 0 Å². The number of hydrogen-bond donors (Lipinski definition) is 4. The number of nitrogens with zero attached hydrogens (tertiary/aromatic N) is 16. The molecule has 0 amide bonds. The number of halogens is 4. The van der Waals surface area contributed by atoms with Crippen LogP contribution in [-0.4, -0.2) is 133 Å². The van der Waals surface area contributed by atoms with Crippen molar-refractivity contribution in [3.63, 3.8) is 0 Å². The first kappa shape index (κ1) is 64.2. The van der Waals surface area contributed by atoms with Crippen molar-refractivity contribution in [1.82, 2.24) is 59.8 Å². The van der Waals surface area contributed by atoms with Crippen molar-refractivity contribution < 1.29 is 38.0 Å². The number of hydrogen-bond acceptors (Lipinski definition) is 20. The van der Waals surface area contributed by atoms with Crippen LogP contribution in [0.2, 0.25) is 0 Å². The summed E-state index contributed by atoms with van der Waals surface area (Å²) in [6, 6.07) is 11.0. The van der Waals surface area contributed by atoms with Gasteiger partial charge in [0, 0.05) is 124 Å². The van der Waals surface area contributed by atoms with E-state index in [1.165, 1.54) is 74.2 Å². The Kier molecular flexibility index (Phi) is 21.2. The Bertz CT molecular complexity index is 2950. The monoisotopic (exact) mass is 1210 g/mol. The molecule has 0 aromatic carbocycles. The van der Waals surface area contributed by atoms with Crippen LogP contribution in [0.1, 0.15) is 150 Å². The van der Waals surface area contributed by atoms with Crippen molar-refractivity contribution in [3.8, 4) is 0 Å². The summed E-state index contributed by atoms with van der Waals surface area (Å²) in [6.45, 7) is 14.2. The molecule has 88 heavy (non-hydrogen) atoms. The van der Waals surface area contributed by atoms with Gasteiger partial charge in [0.05, 0.1) is 47.6 Å². The van der Waals surface area contributed by atoms with E-state index in [2.05, 4.69) is 79.4 Å². The molecule has 0 aliphatic carbocycles. The summed E-state index contributed by atoms with van der Waals surface area (Å²) >= 11 is 0. The lowest BCUT2D eigenvalue weighted by Gasteiger charge is -2.27. The predicted octanol–water partition coefficient (Wildman–Crippen LogP) is 9.03. The molecule has 4 N–H and O–H groups in total. The average molecular weight is 1210 g/mol. The molecule has 12 rings (SSSR count). The standard InChI is InChI=1S/4C16H19FN4O/c4*1-16(22,14-6-5-13(17)11-18-14)12-9-19-15(20-10-12)21-7-3-2-4-8-21/h4*5-6,9-11,22H,2-4,7-8H2,1H3/t2*16-;;/m10../s1. The molecule has 20 nitrogen and oxygen atoms in total. The van der Waals surface area contributed by atoms with Gasteiger partial charge in [-0.25, -0.2) is 57.4 Å². The smallest absolute Gasteiger partial charge is 0.225 e. The third kappa shape index (κ3) is 16.2. The zero-order valence-corrected chi connectivity index (χ0v) is 50.1. The van der Waals surface area contributed by atoms with Gasteiger partial charge in [0.25, 0.3) is 0 Å². The van der Waals surface area contributed by atoms with E-state index in [-0.39, 0.29) is 0 Å². The van der Waals surface area contributed by atoms with E-state index in [0.29, 0.717) is 68.8 Å². The molecule has 0 bridgehead atoms. The molecule has 4 saturated heterocycles. The molecule has 8 aromatic rings. The maximum absolute atomic E-state index is 13.0. The van der Waals surface area contributed by atoms with Crippen LogP contribution >= 0.6 is 0 Å². The van der Waals surface area contributed by atoms with Gasteiger partial charge in [0.15, 0.2) is 0 Å². The average Bonchev–Trinajstić information content (AvgIpc) is 2.39. The highest BCUT2D eigenvalue weighted by Crippen LogP contribution is 2.32. The van der Waals surface area contributed by atoms with Gasteiger partial charge in [-0.05, 0) is 153 Å². The van der Waals surface area contributed by atoms with Crippen LogP contribution in [0, 0.1) is 23.3 Å². The van der Waals surface area contributed by atoms with Crippen molar-refractivity contribution in [3.05, 3.63) is 191 Å². The van der Waals surface area contributed by atoms with Crippen molar-refractivity contribution in [2.45, 2.75) is 127 Å². The van der Waals surface area contributed by atoms with E-state index >= 15 is 0 Å². The minimum atomic E-state index is -1.35. The second kappa shape index (κ2) is 29.1. The molecule has 8 aromatic heterocycles. The summed E-state index contributed by atoms with van der Waals surface area (Å²) in [4.78, 5) is 59.3. The van der Waals surface area contributed by atoms with E-state index in [0.717, 1.165) is 129 Å². The lowest BCUT2D eigenvalue weighted by molar-refractivity contribution is 0.0960. The van der Waals surface area contributed by atoms with Gasteiger partial charge in [-0.3, -0.25) is 19.9 Å². The number of pyridine rings is 4. The Hall–Kier alpha value is -8.32. The molecule has 24 heteroatoms. The second-order valence-corrected chi connectivity index (χ2v) is 23.0. The number of aromatic nitrogens is 12. The molecule has 2 unspecified atom stereocenters. The maximum atomic E-state index is 13.0. The third-order valence-electron chi connectivity index (χ3n) is 16.3. The van der Waals surface area contributed by atoms with Crippen LogP contribution in [-0.2, 0) is 22.4 Å². The van der Waals surface area contributed by atoms with Crippen LogP contribution in [0.3, 0.4) is 0 Å². The highest BCUT2D eigenvalue weighted by Gasteiger charge is 2.32. The van der Waals surface area contributed by atoms with Crippen molar-refractivity contribution >= 4 is 23.8 Å². The predicted molar refractivity (Wildman–Crippen MR) is 324 cm³/mol. The lowest BCUT2D eigenvalue weighted by atomic mass is 9.94. The summed E-state index contributed by atoms with van der Waals surface area (Å²) in [5.41, 5.74) is -1.82. The van der Waals surface area contributed by atoms with Crippen molar-refractivity contribution in [1.29, 1.82) is 0 Å². The number of anilines is 4. The third-order valence-corrected chi connectivity index (χ3v) is 16.3. The molecule has 4 aliphatic rings. The zero-order valence-electron chi connectivity index (χ0n) is 50.1. The molecule has 0 spiro atoms. The highest BCUT2D eigenvalue weighted by molar-refractivity contribution is 5.39. The Labute approximate surface area is 510 Å². The number of piperidine rings is 4. The minimum Gasteiger partial charge on any atom is -0.379 e. The van der Waals surface area contributed by atoms with Crippen molar-refractivity contribution in [2.24, 2.45) is 0 Å². The molecule has 464 valence electrons. The Morgan fingerprint density at radius 3 is 0.580 bits per heavy atom. The number of aliphatic hydroxyl groups is 4. The summed E-state index contributed by atoms with van der Waals surface area (Å²) in [7, 11) is 0. The van der Waals surface area contributed by atoms with Crippen LogP contribution < -0.4 is 19.6 Å². The highest BCUT2D eigenvalue weighted by atomic mass is 19.1. The van der Waals surface area contributed by atoms with Gasteiger partial charge < -0.3 is 40.0 Å². The van der Waals surface area contributed by atoms with E-state index in [4.69, 9.17) is 0 Å². The Morgan fingerprint density at radius 2 is 0.432 bits per heavy atom. The van der Waals surface area contributed by atoms with Crippen LogP contribution in [0.5, 0.6) is 0 Å². The lowest BCUT2D eigenvalue weighted by Crippen LogP contribution is -2.31. The molecule has 4 atom stereocenters. The summed E-state index contributed by atoms with van der Waals surface area (Å²) in [6.07, 6.45) is 31.5. The first-order valence-corrected chi connectivity index (χ1v) is 30.0.